The third-order valence-electron chi connectivity index (χ3n) is 2.93. The number of nitrogens with zero attached hydrogens (tertiary/aromatic N) is 1. The van der Waals surface area contributed by atoms with Gasteiger partial charge < -0.3 is 15.3 Å². The number of carboxylic acid groups (broad SMARTS) is 1. The molecule has 1 unspecified atom stereocenters. The lowest BCUT2D eigenvalue weighted by Crippen LogP contribution is -2.52. The van der Waals surface area contributed by atoms with E-state index in [2.05, 4.69) is 5.32 Å². The first-order chi connectivity index (χ1) is 7.57. The summed E-state index contributed by atoms with van der Waals surface area (Å²) in [6.45, 7) is 9.45. The van der Waals surface area contributed by atoms with Crippen molar-refractivity contribution < 1.29 is 14.7 Å². The van der Waals surface area contributed by atoms with Crippen LogP contribution in [0.3, 0.4) is 0 Å². The fourth-order valence-electron chi connectivity index (χ4n) is 1.43. The molecule has 5 heteroatoms. The van der Waals surface area contributed by atoms with Crippen LogP contribution in [0.4, 0.5) is 4.79 Å². The molecule has 0 fully saturated rings. The van der Waals surface area contributed by atoms with E-state index in [1.807, 2.05) is 20.8 Å². The van der Waals surface area contributed by atoms with E-state index in [-0.39, 0.29) is 18.5 Å². The first-order valence-corrected chi connectivity index (χ1v) is 5.83. The first kappa shape index (κ1) is 15.7. The van der Waals surface area contributed by atoms with Gasteiger partial charge in [0.15, 0.2) is 0 Å². The number of carboxylic acids is 1. The van der Waals surface area contributed by atoms with Crippen LogP contribution >= 0.6 is 0 Å². The molecule has 0 saturated carbocycles. The molecule has 1 atom stereocenters. The minimum Gasteiger partial charge on any atom is -0.481 e. The Hall–Kier alpha value is -1.26. The van der Waals surface area contributed by atoms with Gasteiger partial charge in [0.05, 0.1) is 6.42 Å². The smallest absolute Gasteiger partial charge is 0.317 e. The normalized spacial score (nSPS) is 13.4. The summed E-state index contributed by atoms with van der Waals surface area (Å²) >= 11 is 0. The van der Waals surface area contributed by atoms with Crippen LogP contribution in [-0.2, 0) is 4.79 Å². The molecule has 0 heterocycles. The Bertz CT molecular complexity index is 287. The standard InChI is InChI=1S/C12H24N2O3/c1-8(2)9(3)14(6)11(17)13-12(4,5)7-10(15)16/h8-9H,7H2,1-6H3,(H,13,17)(H,15,16). The van der Waals surface area contributed by atoms with Crippen molar-refractivity contribution >= 4 is 12.0 Å². The van der Waals surface area contributed by atoms with Gasteiger partial charge in [0.2, 0.25) is 0 Å². The molecular weight excluding hydrogens is 220 g/mol. The molecule has 2 amide bonds. The van der Waals surface area contributed by atoms with E-state index in [9.17, 15) is 9.59 Å². The summed E-state index contributed by atoms with van der Waals surface area (Å²) in [5.74, 6) is -0.566. The lowest BCUT2D eigenvalue weighted by atomic mass is 10.0. The number of rotatable bonds is 5. The molecule has 0 aliphatic heterocycles. The second-order valence-corrected chi connectivity index (χ2v) is 5.48. The van der Waals surface area contributed by atoms with Gasteiger partial charge >= 0.3 is 12.0 Å². The Labute approximate surface area is 103 Å². The second kappa shape index (κ2) is 5.89. The van der Waals surface area contributed by atoms with Crippen LogP contribution < -0.4 is 5.32 Å². The zero-order chi connectivity index (χ0) is 13.8. The highest BCUT2D eigenvalue weighted by Gasteiger charge is 2.27. The maximum Gasteiger partial charge on any atom is 0.317 e. The predicted molar refractivity (Wildman–Crippen MR) is 66.9 cm³/mol. The second-order valence-electron chi connectivity index (χ2n) is 5.48. The fraction of sp³-hybridized carbons (Fsp3) is 0.833. The van der Waals surface area contributed by atoms with Gasteiger partial charge in [-0.2, -0.15) is 0 Å². The number of amides is 2. The number of hydrogen-bond acceptors (Lipinski definition) is 2. The van der Waals surface area contributed by atoms with E-state index in [1.54, 1.807) is 25.8 Å². The largest absolute Gasteiger partial charge is 0.481 e. The molecule has 100 valence electrons. The number of hydrogen-bond donors (Lipinski definition) is 2. The van der Waals surface area contributed by atoms with E-state index < -0.39 is 11.5 Å². The van der Waals surface area contributed by atoms with Gasteiger partial charge in [0.25, 0.3) is 0 Å². The lowest BCUT2D eigenvalue weighted by molar-refractivity contribution is -0.138. The summed E-state index contributed by atoms with van der Waals surface area (Å²) < 4.78 is 0. The van der Waals surface area contributed by atoms with Gasteiger partial charge in [-0.15, -0.1) is 0 Å². The number of nitrogens with one attached hydrogen (secondary N) is 1. The third kappa shape index (κ3) is 5.56. The van der Waals surface area contributed by atoms with Crippen molar-refractivity contribution in [1.29, 1.82) is 0 Å². The molecule has 0 radical (unpaired) electrons. The summed E-state index contributed by atoms with van der Waals surface area (Å²) in [5.41, 5.74) is -0.742. The Morgan fingerprint density at radius 2 is 1.76 bits per heavy atom. The van der Waals surface area contributed by atoms with Gasteiger partial charge in [0, 0.05) is 18.6 Å². The Kier molecular flexibility index (Phi) is 5.45. The van der Waals surface area contributed by atoms with E-state index in [0.717, 1.165) is 0 Å². The van der Waals surface area contributed by atoms with E-state index in [0.29, 0.717) is 5.92 Å². The van der Waals surface area contributed by atoms with Crippen molar-refractivity contribution in [3.8, 4) is 0 Å². The summed E-state index contributed by atoms with van der Waals surface area (Å²) in [4.78, 5) is 24.2. The molecular formula is C12H24N2O3. The van der Waals surface area contributed by atoms with Crippen LogP contribution in [0.1, 0.15) is 41.0 Å². The van der Waals surface area contributed by atoms with Crippen molar-refractivity contribution in [2.24, 2.45) is 5.92 Å². The minimum atomic E-state index is -0.921. The minimum absolute atomic E-state index is 0.0946. The predicted octanol–water partition coefficient (Wildman–Crippen LogP) is 1.93. The summed E-state index contributed by atoms with van der Waals surface area (Å²) in [6.07, 6.45) is -0.0946. The molecule has 0 aromatic carbocycles. The molecule has 0 bridgehead atoms. The highest BCUT2D eigenvalue weighted by molar-refractivity contribution is 5.76. The van der Waals surface area contributed by atoms with Crippen molar-refractivity contribution in [3.63, 3.8) is 0 Å². The Morgan fingerprint density at radius 3 is 2.12 bits per heavy atom. The van der Waals surface area contributed by atoms with Crippen LogP contribution in [0.25, 0.3) is 0 Å². The van der Waals surface area contributed by atoms with Crippen LogP contribution in [0.15, 0.2) is 0 Å². The van der Waals surface area contributed by atoms with E-state index in [1.165, 1.54) is 0 Å². The molecule has 0 spiro atoms. The zero-order valence-corrected chi connectivity index (χ0v) is 11.6. The summed E-state index contributed by atoms with van der Waals surface area (Å²) in [5, 5.41) is 11.5. The van der Waals surface area contributed by atoms with E-state index >= 15 is 0 Å². The van der Waals surface area contributed by atoms with Crippen molar-refractivity contribution in [1.82, 2.24) is 10.2 Å². The van der Waals surface area contributed by atoms with Gasteiger partial charge in [-0.05, 0) is 26.7 Å². The van der Waals surface area contributed by atoms with Gasteiger partial charge in [-0.3, -0.25) is 4.79 Å². The van der Waals surface area contributed by atoms with Gasteiger partial charge in [0.1, 0.15) is 0 Å². The molecule has 0 aromatic rings. The zero-order valence-electron chi connectivity index (χ0n) is 11.6. The molecule has 0 rings (SSSR count). The van der Waals surface area contributed by atoms with Crippen LogP contribution in [0.5, 0.6) is 0 Å². The van der Waals surface area contributed by atoms with Crippen LogP contribution in [0, 0.1) is 5.92 Å². The Morgan fingerprint density at radius 1 is 1.29 bits per heavy atom. The monoisotopic (exact) mass is 244 g/mol. The van der Waals surface area contributed by atoms with Crippen molar-refractivity contribution in [2.45, 2.75) is 52.6 Å². The van der Waals surface area contributed by atoms with Gasteiger partial charge in [-0.1, -0.05) is 13.8 Å². The summed E-state index contributed by atoms with van der Waals surface area (Å²) in [7, 11) is 1.72. The highest BCUT2D eigenvalue weighted by atomic mass is 16.4. The molecule has 0 aromatic heterocycles. The third-order valence-corrected chi connectivity index (χ3v) is 2.93. The van der Waals surface area contributed by atoms with Gasteiger partial charge in [-0.25, -0.2) is 4.79 Å². The number of urea groups is 1. The van der Waals surface area contributed by atoms with Crippen LogP contribution in [0.2, 0.25) is 0 Å². The fourth-order valence-corrected chi connectivity index (χ4v) is 1.43. The number of aliphatic carboxylic acids is 1. The molecule has 2 N–H and O–H groups in total. The maximum atomic E-state index is 11.9. The molecule has 17 heavy (non-hydrogen) atoms. The number of carbonyl (C=O) groups excluding carboxylic acids is 1. The number of carbonyl (C=O) groups is 2. The van der Waals surface area contributed by atoms with E-state index in [4.69, 9.17) is 5.11 Å². The molecule has 0 aliphatic rings. The Balaban J connectivity index is 4.48. The molecule has 5 nitrogen and oxygen atoms in total. The summed E-state index contributed by atoms with van der Waals surface area (Å²) in [6, 6.07) is -0.131. The first-order valence-electron chi connectivity index (χ1n) is 5.83. The average Bonchev–Trinajstić information content (AvgIpc) is 2.11. The lowest BCUT2D eigenvalue weighted by Gasteiger charge is -2.32. The molecule has 0 aliphatic carbocycles. The van der Waals surface area contributed by atoms with Crippen molar-refractivity contribution in [3.05, 3.63) is 0 Å². The highest BCUT2D eigenvalue weighted by Crippen LogP contribution is 2.12. The molecule has 0 saturated heterocycles. The SMILES string of the molecule is CC(C)C(C)N(C)C(=O)NC(C)(C)CC(=O)O. The quantitative estimate of drug-likeness (QED) is 0.776. The van der Waals surface area contributed by atoms with Crippen molar-refractivity contribution in [2.75, 3.05) is 7.05 Å². The topological polar surface area (TPSA) is 69.6 Å². The van der Waals surface area contributed by atoms with Crippen LogP contribution in [-0.4, -0.2) is 40.6 Å². The maximum absolute atomic E-state index is 11.9. The average molecular weight is 244 g/mol.